The molecule has 0 bridgehead atoms. The van der Waals surface area contributed by atoms with Gasteiger partial charge in [-0.25, -0.2) is 0 Å². The molecule has 2 aromatic heterocycles. The van der Waals surface area contributed by atoms with E-state index in [0.29, 0.717) is 25.5 Å². The first-order chi connectivity index (χ1) is 9.27. The third-order valence-electron chi connectivity index (χ3n) is 3.54. The van der Waals surface area contributed by atoms with E-state index in [1.807, 2.05) is 40.9 Å². The summed E-state index contributed by atoms with van der Waals surface area (Å²) in [6.45, 7) is 1.76. The SMILES string of the molecule is Cn1cccc1C1COCCN1C(=O)c1ccc[nH]1. The summed E-state index contributed by atoms with van der Waals surface area (Å²) in [4.78, 5) is 17.4. The molecule has 1 amide bonds. The molecule has 0 aromatic carbocycles. The standard InChI is InChI=1S/C14H17N3O2/c1-16-7-3-5-12(16)13-10-19-9-8-17(13)14(18)11-4-2-6-15-11/h2-7,13,15H,8-10H2,1H3. The van der Waals surface area contributed by atoms with Gasteiger partial charge in [0.1, 0.15) is 5.69 Å². The quantitative estimate of drug-likeness (QED) is 0.890. The van der Waals surface area contributed by atoms with E-state index in [4.69, 9.17) is 4.74 Å². The van der Waals surface area contributed by atoms with Gasteiger partial charge in [0.15, 0.2) is 0 Å². The number of H-pyrrole nitrogens is 1. The molecule has 3 heterocycles. The van der Waals surface area contributed by atoms with E-state index in [1.165, 1.54) is 0 Å². The molecule has 0 spiro atoms. The predicted octanol–water partition coefficient (Wildman–Crippen LogP) is 1.57. The number of carbonyl (C=O) groups excluding carboxylic acids is 1. The van der Waals surface area contributed by atoms with Crippen molar-refractivity contribution in [3.63, 3.8) is 0 Å². The number of aromatic amines is 1. The lowest BCUT2D eigenvalue weighted by atomic mass is 10.1. The predicted molar refractivity (Wildman–Crippen MR) is 70.8 cm³/mol. The van der Waals surface area contributed by atoms with E-state index < -0.39 is 0 Å². The molecule has 3 rings (SSSR count). The minimum Gasteiger partial charge on any atom is -0.377 e. The van der Waals surface area contributed by atoms with Crippen molar-refractivity contribution < 1.29 is 9.53 Å². The van der Waals surface area contributed by atoms with E-state index in [-0.39, 0.29) is 11.9 Å². The lowest BCUT2D eigenvalue weighted by Gasteiger charge is -2.35. The maximum atomic E-state index is 12.5. The fourth-order valence-electron chi connectivity index (χ4n) is 2.53. The van der Waals surface area contributed by atoms with Gasteiger partial charge < -0.3 is 19.2 Å². The summed E-state index contributed by atoms with van der Waals surface area (Å²) in [7, 11) is 1.99. The van der Waals surface area contributed by atoms with E-state index in [1.54, 1.807) is 12.3 Å². The van der Waals surface area contributed by atoms with Gasteiger partial charge in [0, 0.05) is 31.7 Å². The van der Waals surface area contributed by atoms with Crippen molar-refractivity contribution in [3.05, 3.63) is 48.0 Å². The van der Waals surface area contributed by atoms with Crippen LogP contribution < -0.4 is 0 Å². The smallest absolute Gasteiger partial charge is 0.270 e. The highest BCUT2D eigenvalue weighted by Crippen LogP contribution is 2.25. The Kier molecular flexibility index (Phi) is 3.13. The lowest BCUT2D eigenvalue weighted by molar-refractivity contribution is -0.00490. The molecule has 1 aliphatic rings. The van der Waals surface area contributed by atoms with Crippen molar-refractivity contribution in [2.45, 2.75) is 6.04 Å². The second-order valence-electron chi connectivity index (χ2n) is 4.72. The first kappa shape index (κ1) is 12.0. The van der Waals surface area contributed by atoms with Gasteiger partial charge in [-0.15, -0.1) is 0 Å². The van der Waals surface area contributed by atoms with Crippen LogP contribution in [0.4, 0.5) is 0 Å². The van der Waals surface area contributed by atoms with Crippen LogP contribution in [0.25, 0.3) is 0 Å². The fourth-order valence-corrected chi connectivity index (χ4v) is 2.53. The average Bonchev–Trinajstić information content (AvgIpc) is 3.09. The zero-order chi connectivity index (χ0) is 13.2. The molecule has 1 aliphatic heterocycles. The minimum atomic E-state index is -0.0236. The third-order valence-corrected chi connectivity index (χ3v) is 3.54. The monoisotopic (exact) mass is 259 g/mol. The molecule has 19 heavy (non-hydrogen) atoms. The van der Waals surface area contributed by atoms with Crippen LogP contribution >= 0.6 is 0 Å². The van der Waals surface area contributed by atoms with Crippen molar-refractivity contribution in [2.75, 3.05) is 19.8 Å². The molecule has 1 fully saturated rings. The first-order valence-corrected chi connectivity index (χ1v) is 6.40. The van der Waals surface area contributed by atoms with E-state index in [9.17, 15) is 4.79 Å². The summed E-state index contributed by atoms with van der Waals surface area (Å²) in [5.41, 5.74) is 1.72. The number of carbonyl (C=O) groups is 1. The number of nitrogens with zero attached hydrogens (tertiary/aromatic N) is 2. The van der Waals surface area contributed by atoms with Crippen LogP contribution in [-0.2, 0) is 11.8 Å². The summed E-state index contributed by atoms with van der Waals surface area (Å²) < 4.78 is 7.58. The van der Waals surface area contributed by atoms with E-state index in [2.05, 4.69) is 4.98 Å². The summed E-state index contributed by atoms with van der Waals surface area (Å²) in [5.74, 6) is 0.0273. The van der Waals surface area contributed by atoms with Crippen LogP contribution in [0.3, 0.4) is 0 Å². The maximum Gasteiger partial charge on any atom is 0.270 e. The first-order valence-electron chi connectivity index (χ1n) is 6.40. The van der Waals surface area contributed by atoms with Gasteiger partial charge in [0.2, 0.25) is 0 Å². The molecule has 5 heteroatoms. The van der Waals surface area contributed by atoms with Crippen molar-refractivity contribution in [1.82, 2.24) is 14.5 Å². The zero-order valence-electron chi connectivity index (χ0n) is 10.9. The highest BCUT2D eigenvalue weighted by atomic mass is 16.5. The Labute approximate surface area is 111 Å². The van der Waals surface area contributed by atoms with Crippen molar-refractivity contribution in [2.24, 2.45) is 7.05 Å². The van der Waals surface area contributed by atoms with E-state index in [0.717, 1.165) is 5.69 Å². The van der Waals surface area contributed by atoms with Gasteiger partial charge in [-0.1, -0.05) is 0 Å². The molecule has 5 nitrogen and oxygen atoms in total. The average molecular weight is 259 g/mol. The Balaban J connectivity index is 1.90. The second kappa shape index (κ2) is 4.93. The molecule has 2 aromatic rings. The summed E-state index contributed by atoms with van der Waals surface area (Å²) in [6, 6.07) is 7.64. The van der Waals surface area contributed by atoms with Crippen molar-refractivity contribution in [1.29, 1.82) is 0 Å². The Bertz CT molecular complexity index is 559. The molecular weight excluding hydrogens is 242 g/mol. The number of hydrogen-bond acceptors (Lipinski definition) is 2. The Hall–Kier alpha value is -2.01. The Morgan fingerprint density at radius 1 is 1.42 bits per heavy atom. The number of aryl methyl sites for hydroxylation is 1. The van der Waals surface area contributed by atoms with Crippen LogP contribution in [0.5, 0.6) is 0 Å². The maximum absolute atomic E-state index is 12.5. The molecule has 1 unspecified atom stereocenters. The number of aromatic nitrogens is 2. The minimum absolute atomic E-state index is 0.0236. The summed E-state index contributed by atoms with van der Waals surface area (Å²) in [5, 5.41) is 0. The molecule has 1 atom stereocenters. The van der Waals surface area contributed by atoms with Gasteiger partial charge >= 0.3 is 0 Å². The van der Waals surface area contributed by atoms with Gasteiger partial charge in [-0.3, -0.25) is 4.79 Å². The zero-order valence-corrected chi connectivity index (χ0v) is 10.9. The fraction of sp³-hybridized carbons (Fsp3) is 0.357. The number of hydrogen-bond donors (Lipinski definition) is 1. The molecule has 1 saturated heterocycles. The highest BCUT2D eigenvalue weighted by molar-refractivity contribution is 5.92. The molecule has 0 aliphatic carbocycles. The molecule has 0 radical (unpaired) electrons. The number of nitrogens with one attached hydrogen (secondary N) is 1. The van der Waals surface area contributed by atoms with Crippen LogP contribution in [0.2, 0.25) is 0 Å². The largest absolute Gasteiger partial charge is 0.377 e. The van der Waals surface area contributed by atoms with Crippen molar-refractivity contribution in [3.8, 4) is 0 Å². The number of amides is 1. The van der Waals surface area contributed by atoms with E-state index >= 15 is 0 Å². The molecular formula is C14H17N3O2. The van der Waals surface area contributed by atoms with Gasteiger partial charge in [-0.05, 0) is 24.3 Å². The molecule has 100 valence electrons. The van der Waals surface area contributed by atoms with Crippen LogP contribution in [0.1, 0.15) is 22.2 Å². The normalized spacial score (nSPS) is 19.6. The van der Waals surface area contributed by atoms with Crippen molar-refractivity contribution >= 4 is 5.91 Å². The van der Waals surface area contributed by atoms with Gasteiger partial charge in [0.05, 0.1) is 19.3 Å². The number of morpholine rings is 1. The summed E-state index contributed by atoms with van der Waals surface area (Å²) >= 11 is 0. The highest BCUT2D eigenvalue weighted by Gasteiger charge is 2.30. The number of ether oxygens (including phenoxy) is 1. The van der Waals surface area contributed by atoms with Crippen LogP contribution in [0.15, 0.2) is 36.7 Å². The Morgan fingerprint density at radius 3 is 3.00 bits per heavy atom. The number of rotatable bonds is 2. The van der Waals surface area contributed by atoms with Gasteiger partial charge in [0.25, 0.3) is 5.91 Å². The summed E-state index contributed by atoms with van der Waals surface area (Å²) in [6.07, 6.45) is 3.76. The third kappa shape index (κ3) is 2.17. The Morgan fingerprint density at radius 2 is 2.32 bits per heavy atom. The van der Waals surface area contributed by atoms with Crippen LogP contribution in [0, 0.1) is 0 Å². The second-order valence-corrected chi connectivity index (χ2v) is 4.72. The molecule has 0 saturated carbocycles. The lowest BCUT2D eigenvalue weighted by Crippen LogP contribution is -2.44. The topological polar surface area (TPSA) is 50.3 Å². The molecule has 1 N–H and O–H groups in total. The van der Waals surface area contributed by atoms with Crippen LogP contribution in [-0.4, -0.2) is 40.1 Å². The van der Waals surface area contributed by atoms with Gasteiger partial charge in [-0.2, -0.15) is 0 Å².